The highest BCUT2D eigenvalue weighted by atomic mass is 16.5. The normalized spacial score (nSPS) is 22.0. The molecule has 0 amide bonds. The molecule has 22 heavy (non-hydrogen) atoms. The van der Waals surface area contributed by atoms with Gasteiger partial charge >= 0.3 is 0 Å². The molecule has 0 N–H and O–H groups in total. The van der Waals surface area contributed by atoms with E-state index < -0.39 is 0 Å². The first kappa shape index (κ1) is 17.0. The molecule has 0 saturated heterocycles. The molecule has 1 saturated carbocycles. The number of benzene rings is 1. The van der Waals surface area contributed by atoms with Crippen molar-refractivity contribution in [2.45, 2.75) is 58.0 Å². The smallest absolute Gasteiger partial charge is 0.0721 e. The first-order valence-corrected chi connectivity index (χ1v) is 8.76. The Morgan fingerprint density at radius 1 is 1.09 bits per heavy atom. The fourth-order valence-corrected chi connectivity index (χ4v) is 3.33. The Balaban J connectivity index is 1.77. The highest BCUT2D eigenvalue weighted by molar-refractivity contribution is 5.25. The van der Waals surface area contributed by atoms with E-state index >= 15 is 0 Å². The minimum atomic E-state index is 0.709. The van der Waals surface area contributed by atoms with Crippen molar-refractivity contribution >= 4 is 0 Å². The zero-order valence-corrected chi connectivity index (χ0v) is 14.0. The van der Waals surface area contributed by atoms with Gasteiger partial charge in [-0.2, -0.15) is 0 Å². The molecule has 0 aromatic heterocycles. The van der Waals surface area contributed by atoms with Crippen molar-refractivity contribution in [2.24, 2.45) is 5.92 Å². The van der Waals surface area contributed by atoms with Crippen LogP contribution in [-0.2, 0) is 11.3 Å². The third-order valence-electron chi connectivity index (χ3n) is 4.68. The van der Waals surface area contributed by atoms with Crippen molar-refractivity contribution in [1.82, 2.24) is 0 Å². The molecule has 1 aromatic carbocycles. The average Bonchev–Trinajstić information content (AvgIpc) is 2.56. The first-order valence-electron chi connectivity index (χ1n) is 8.76. The van der Waals surface area contributed by atoms with Crippen LogP contribution in [-0.4, -0.2) is 6.61 Å². The molecule has 1 nitrogen and oxygen atoms in total. The van der Waals surface area contributed by atoms with Crippen LogP contribution in [0.25, 0.3) is 0 Å². The van der Waals surface area contributed by atoms with Crippen LogP contribution in [0.5, 0.6) is 0 Å². The standard InChI is InChI=1S/C21H30O/c1-3-5-6-16-22-17-19-10-14-21(15-11-19)20-12-8-18(7-4-2)9-13-20/h4-6,10-11,14-15,18,20H,2-3,7-9,12-13,16-17H2,1H3/b6-5+. The zero-order chi connectivity index (χ0) is 15.6. The molecule has 0 atom stereocenters. The van der Waals surface area contributed by atoms with Crippen LogP contribution in [0.3, 0.4) is 0 Å². The Kier molecular flexibility index (Phi) is 7.45. The van der Waals surface area contributed by atoms with Crippen LogP contribution in [0.15, 0.2) is 49.1 Å². The molecule has 120 valence electrons. The summed E-state index contributed by atoms with van der Waals surface area (Å²) in [4.78, 5) is 0. The van der Waals surface area contributed by atoms with Crippen LogP contribution in [0.4, 0.5) is 0 Å². The van der Waals surface area contributed by atoms with E-state index in [0.717, 1.165) is 18.3 Å². The molecular formula is C21H30O. The van der Waals surface area contributed by atoms with E-state index in [0.29, 0.717) is 13.2 Å². The Bertz CT molecular complexity index is 449. The van der Waals surface area contributed by atoms with E-state index in [-0.39, 0.29) is 0 Å². The summed E-state index contributed by atoms with van der Waals surface area (Å²) in [7, 11) is 0. The van der Waals surface area contributed by atoms with E-state index in [2.05, 4.69) is 56.0 Å². The summed E-state index contributed by atoms with van der Waals surface area (Å²) < 4.78 is 5.65. The Hall–Kier alpha value is -1.34. The van der Waals surface area contributed by atoms with Crippen LogP contribution < -0.4 is 0 Å². The van der Waals surface area contributed by atoms with E-state index in [1.54, 1.807) is 0 Å². The second-order valence-electron chi connectivity index (χ2n) is 6.38. The molecule has 1 aliphatic rings. The van der Waals surface area contributed by atoms with Gasteiger partial charge in [-0.05, 0) is 61.5 Å². The van der Waals surface area contributed by atoms with E-state index in [1.807, 2.05) is 0 Å². The van der Waals surface area contributed by atoms with Crippen molar-refractivity contribution in [1.29, 1.82) is 0 Å². The van der Waals surface area contributed by atoms with E-state index in [4.69, 9.17) is 4.74 Å². The third-order valence-corrected chi connectivity index (χ3v) is 4.68. The van der Waals surface area contributed by atoms with Gasteiger partial charge in [-0.3, -0.25) is 0 Å². The van der Waals surface area contributed by atoms with Gasteiger partial charge in [-0.25, -0.2) is 0 Å². The van der Waals surface area contributed by atoms with E-state index in [1.165, 1.54) is 43.2 Å². The molecule has 0 heterocycles. The van der Waals surface area contributed by atoms with Gasteiger partial charge in [-0.15, -0.1) is 6.58 Å². The molecule has 0 bridgehead atoms. The molecule has 0 radical (unpaired) electrons. The molecule has 0 unspecified atom stereocenters. The second-order valence-corrected chi connectivity index (χ2v) is 6.38. The molecule has 0 spiro atoms. The van der Waals surface area contributed by atoms with Gasteiger partial charge in [0.25, 0.3) is 0 Å². The maximum atomic E-state index is 5.65. The van der Waals surface area contributed by atoms with Gasteiger partial charge in [0, 0.05) is 0 Å². The van der Waals surface area contributed by atoms with Gasteiger partial charge in [0.1, 0.15) is 0 Å². The maximum absolute atomic E-state index is 5.65. The summed E-state index contributed by atoms with van der Waals surface area (Å²) in [5.74, 6) is 1.63. The molecule has 2 rings (SSSR count). The molecular weight excluding hydrogens is 268 g/mol. The second kappa shape index (κ2) is 9.63. The van der Waals surface area contributed by atoms with Crippen LogP contribution in [0.2, 0.25) is 0 Å². The minimum Gasteiger partial charge on any atom is -0.373 e. The van der Waals surface area contributed by atoms with Crippen molar-refractivity contribution in [3.05, 3.63) is 60.2 Å². The van der Waals surface area contributed by atoms with Gasteiger partial charge < -0.3 is 4.74 Å². The van der Waals surface area contributed by atoms with Crippen molar-refractivity contribution in [3.63, 3.8) is 0 Å². The van der Waals surface area contributed by atoms with Gasteiger partial charge in [-0.1, -0.05) is 49.4 Å². The quantitative estimate of drug-likeness (QED) is 0.421. The number of ether oxygens (including phenoxy) is 1. The zero-order valence-electron chi connectivity index (χ0n) is 14.0. The summed E-state index contributed by atoms with van der Waals surface area (Å²) in [6.45, 7) is 7.43. The Morgan fingerprint density at radius 3 is 2.45 bits per heavy atom. The Morgan fingerprint density at radius 2 is 1.82 bits per heavy atom. The lowest BCUT2D eigenvalue weighted by molar-refractivity contribution is 0.148. The first-order chi connectivity index (χ1) is 10.8. The van der Waals surface area contributed by atoms with Crippen molar-refractivity contribution in [2.75, 3.05) is 6.61 Å². The van der Waals surface area contributed by atoms with E-state index in [9.17, 15) is 0 Å². The molecule has 1 heteroatoms. The average molecular weight is 298 g/mol. The van der Waals surface area contributed by atoms with Gasteiger partial charge in [0.2, 0.25) is 0 Å². The molecule has 1 aliphatic carbocycles. The summed E-state index contributed by atoms with van der Waals surface area (Å²) in [5.41, 5.74) is 2.78. The SMILES string of the molecule is C=CCC1CCC(c2ccc(COC/C=C/CC)cc2)CC1. The minimum absolute atomic E-state index is 0.709. The lowest BCUT2D eigenvalue weighted by Gasteiger charge is -2.28. The van der Waals surface area contributed by atoms with Gasteiger partial charge in [0.15, 0.2) is 0 Å². The fourth-order valence-electron chi connectivity index (χ4n) is 3.33. The number of hydrogen-bond donors (Lipinski definition) is 0. The lowest BCUT2D eigenvalue weighted by Crippen LogP contribution is -2.12. The monoisotopic (exact) mass is 298 g/mol. The van der Waals surface area contributed by atoms with Crippen molar-refractivity contribution in [3.8, 4) is 0 Å². The summed E-state index contributed by atoms with van der Waals surface area (Å²) in [6.07, 6.45) is 13.9. The Labute approximate surface area is 136 Å². The number of rotatable bonds is 8. The summed E-state index contributed by atoms with van der Waals surface area (Å²) in [5, 5.41) is 0. The predicted molar refractivity (Wildman–Crippen MR) is 95.0 cm³/mol. The molecule has 1 fully saturated rings. The molecule has 1 aromatic rings. The topological polar surface area (TPSA) is 9.23 Å². The third kappa shape index (κ3) is 5.46. The highest BCUT2D eigenvalue weighted by Gasteiger charge is 2.21. The maximum Gasteiger partial charge on any atom is 0.0721 e. The predicted octanol–water partition coefficient (Wildman–Crippen LogP) is 6.02. The summed E-state index contributed by atoms with van der Waals surface area (Å²) in [6, 6.07) is 9.07. The fraction of sp³-hybridized carbons (Fsp3) is 0.524. The largest absolute Gasteiger partial charge is 0.373 e. The lowest BCUT2D eigenvalue weighted by atomic mass is 9.77. The van der Waals surface area contributed by atoms with Crippen LogP contribution >= 0.6 is 0 Å². The highest BCUT2D eigenvalue weighted by Crippen LogP contribution is 2.37. The molecule has 0 aliphatic heterocycles. The number of hydrogen-bond acceptors (Lipinski definition) is 1. The number of allylic oxidation sites excluding steroid dienone is 2. The van der Waals surface area contributed by atoms with Crippen molar-refractivity contribution < 1.29 is 4.74 Å². The summed E-state index contributed by atoms with van der Waals surface area (Å²) >= 11 is 0. The van der Waals surface area contributed by atoms with Crippen LogP contribution in [0.1, 0.15) is 62.5 Å². The van der Waals surface area contributed by atoms with Gasteiger partial charge in [0.05, 0.1) is 13.2 Å². The van der Waals surface area contributed by atoms with Crippen LogP contribution in [0, 0.1) is 5.92 Å².